The summed E-state index contributed by atoms with van der Waals surface area (Å²) in [4.78, 5) is 33.8. The van der Waals surface area contributed by atoms with E-state index in [0.29, 0.717) is 40.9 Å². The Balaban J connectivity index is 1.59. The molecule has 0 aliphatic carbocycles. The minimum Gasteiger partial charge on any atom is -0.310 e. The van der Waals surface area contributed by atoms with Gasteiger partial charge >= 0.3 is 6.03 Å². The summed E-state index contributed by atoms with van der Waals surface area (Å²) in [6.45, 7) is 1.67. The molecule has 3 aromatic rings. The van der Waals surface area contributed by atoms with Crippen LogP contribution >= 0.6 is 34.5 Å². The van der Waals surface area contributed by atoms with E-state index in [4.69, 9.17) is 23.2 Å². The second kappa shape index (κ2) is 8.71. The highest BCUT2D eigenvalue weighted by Crippen LogP contribution is 2.47. The Labute approximate surface area is 211 Å². The summed E-state index contributed by atoms with van der Waals surface area (Å²) >= 11 is 14.0. The number of amides is 3. The number of imide groups is 1. The number of halogens is 2. The SMILES string of the molecule is CN1C(=O)N(c2cc(Cl)cc(Cl)c2)C(=O)[C@]12CN(Cc1cccs1)C[C@H]2c1ccc(C#N)cc1. The van der Waals surface area contributed by atoms with Crippen molar-refractivity contribution in [2.24, 2.45) is 0 Å². The number of hydrogen-bond donors (Lipinski definition) is 0. The van der Waals surface area contributed by atoms with E-state index in [2.05, 4.69) is 17.0 Å². The first-order chi connectivity index (χ1) is 16.3. The molecule has 2 aliphatic rings. The van der Waals surface area contributed by atoms with Gasteiger partial charge in [0.2, 0.25) is 0 Å². The van der Waals surface area contributed by atoms with Gasteiger partial charge in [-0.2, -0.15) is 5.26 Å². The monoisotopic (exact) mass is 510 g/mol. The molecule has 3 amide bonds. The van der Waals surface area contributed by atoms with Crippen molar-refractivity contribution in [1.82, 2.24) is 9.80 Å². The maximum absolute atomic E-state index is 14.1. The standard InChI is InChI=1S/C25H20Cl2N4O2S/c1-29-24(33)31(20-10-18(26)9-19(27)11-20)23(32)25(29)15-30(13-21-3-2-8-34-21)14-22(25)17-6-4-16(12-28)5-7-17/h2-11,22H,13-15H2,1H3/t22-,25+/m0/s1. The van der Waals surface area contributed by atoms with E-state index in [9.17, 15) is 14.9 Å². The maximum Gasteiger partial charge on any atom is 0.332 e. The van der Waals surface area contributed by atoms with Gasteiger partial charge in [0.1, 0.15) is 5.54 Å². The third kappa shape index (κ3) is 3.68. The number of likely N-dealkylation sites (tertiary alicyclic amines) is 1. The molecule has 5 rings (SSSR count). The number of benzene rings is 2. The van der Waals surface area contributed by atoms with Crippen molar-refractivity contribution in [2.45, 2.75) is 18.0 Å². The third-order valence-corrected chi connectivity index (χ3v) is 7.94. The fourth-order valence-corrected chi connectivity index (χ4v) is 6.30. The van der Waals surface area contributed by atoms with Crippen molar-refractivity contribution < 1.29 is 9.59 Å². The van der Waals surface area contributed by atoms with Crippen molar-refractivity contribution in [3.63, 3.8) is 0 Å². The average molecular weight is 511 g/mol. The van der Waals surface area contributed by atoms with Crippen LogP contribution < -0.4 is 4.90 Å². The molecular weight excluding hydrogens is 491 g/mol. The van der Waals surface area contributed by atoms with Gasteiger partial charge in [0.15, 0.2) is 0 Å². The van der Waals surface area contributed by atoms with Gasteiger partial charge in [-0.3, -0.25) is 9.69 Å². The summed E-state index contributed by atoms with van der Waals surface area (Å²) in [5, 5.41) is 11.9. The van der Waals surface area contributed by atoms with Crippen LogP contribution in [0.15, 0.2) is 60.0 Å². The van der Waals surface area contributed by atoms with E-state index in [0.717, 1.165) is 5.56 Å². The van der Waals surface area contributed by atoms with Gasteiger partial charge in [0.25, 0.3) is 5.91 Å². The molecule has 2 aromatic carbocycles. The molecule has 6 nitrogen and oxygen atoms in total. The number of nitriles is 1. The number of carbonyl (C=O) groups excluding carboxylic acids is 2. The average Bonchev–Trinajstić information content (AvgIpc) is 3.50. The van der Waals surface area contributed by atoms with Gasteiger partial charge in [-0.25, -0.2) is 9.69 Å². The molecule has 0 saturated carbocycles. The zero-order valence-corrected chi connectivity index (χ0v) is 20.6. The molecule has 34 heavy (non-hydrogen) atoms. The molecule has 1 spiro atoms. The van der Waals surface area contributed by atoms with Crippen molar-refractivity contribution >= 4 is 52.2 Å². The topological polar surface area (TPSA) is 67.7 Å². The van der Waals surface area contributed by atoms with E-state index in [1.165, 1.54) is 9.78 Å². The van der Waals surface area contributed by atoms with Crippen LogP contribution in [0.5, 0.6) is 0 Å². The predicted molar refractivity (Wildman–Crippen MR) is 133 cm³/mol. The number of rotatable bonds is 4. The minimum absolute atomic E-state index is 0.277. The Hall–Kier alpha value is -2.89. The van der Waals surface area contributed by atoms with Crippen LogP contribution in [-0.4, -0.2) is 47.4 Å². The molecule has 1 aromatic heterocycles. The fraction of sp³-hybridized carbons (Fsp3) is 0.240. The van der Waals surface area contributed by atoms with E-state index in [-0.39, 0.29) is 11.8 Å². The lowest BCUT2D eigenvalue weighted by atomic mass is 9.80. The maximum atomic E-state index is 14.1. The summed E-state index contributed by atoms with van der Waals surface area (Å²) in [5.41, 5.74) is 0.707. The van der Waals surface area contributed by atoms with Crippen LogP contribution in [0.1, 0.15) is 21.9 Å². The smallest absolute Gasteiger partial charge is 0.310 e. The van der Waals surface area contributed by atoms with Gasteiger partial charge in [0, 0.05) is 47.5 Å². The Kier molecular flexibility index (Phi) is 5.86. The Morgan fingerprint density at radius 3 is 2.44 bits per heavy atom. The molecule has 0 N–H and O–H groups in total. The number of urea groups is 1. The van der Waals surface area contributed by atoms with E-state index >= 15 is 0 Å². The van der Waals surface area contributed by atoms with Crippen LogP contribution in [0.25, 0.3) is 0 Å². The lowest BCUT2D eigenvalue weighted by molar-refractivity contribution is -0.124. The van der Waals surface area contributed by atoms with E-state index in [1.54, 1.807) is 53.6 Å². The molecular formula is C25H20Cl2N4O2S. The summed E-state index contributed by atoms with van der Waals surface area (Å²) in [6, 6.07) is 17.8. The van der Waals surface area contributed by atoms with Crippen molar-refractivity contribution in [3.05, 3.63) is 86.0 Å². The number of anilines is 1. The number of carbonyl (C=O) groups is 2. The Bertz CT molecular complexity index is 1290. The molecule has 9 heteroatoms. The first-order valence-corrected chi connectivity index (χ1v) is 12.3. The summed E-state index contributed by atoms with van der Waals surface area (Å²) in [5.74, 6) is -0.581. The van der Waals surface area contributed by atoms with Gasteiger partial charge in [-0.05, 0) is 47.3 Å². The second-order valence-corrected chi connectivity index (χ2v) is 10.5. The quantitative estimate of drug-likeness (QED) is 0.442. The molecule has 0 bridgehead atoms. The summed E-state index contributed by atoms with van der Waals surface area (Å²) in [7, 11) is 1.68. The molecule has 2 aliphatic heterocycles. The number of nitrogens with zero attached hydrogens (tertiary/aromatic N) is 4. The van der Waals surface area contributed by atoms with Crippen molar-refractivity contribution in [3.8, 4) is 6.07 Å². The first kappa shape index (κ1) is 22.9. The number of likely N-dealkylation sites (N-methyl/N-ethyl adjacent to an activating group) is 1. The minimum atomic E-state index is -1.10. The highest BCUT2D eigenvalue weighted by molar-refractivity contribution is 7.09. The fourth-order valence-electron chi connectivity index (χ4n) is 5.04. The zero-order valence-electron chi connectivity index (χ0n) is 18.2. The van der Waals surface area contributed by atoms with Crippen LogP contribution in [0.4, 0.5) is 10.5 Å². The lowest BCUT2D eigenvalue weighted by Crippen LogP contribution is -2.53. The number of thiophene rings is 1. The van der Waals surface area contributed by atoms with Crippen molar-refractivity contribution in [2.75, 3.05) is 25.0 Å². The molecule has 0 radical (unpaired) electrons. The molecule has 2 saturated heterocycles. The van der Waals surface area contributed by atoms with Gasteiger partial charge < -0.3 is 4.90 Å². The van der Waals surface area contributed by atoms with Gasteiger partial charge in [-0.15, -0.1) is 11.3 Å². The molecule has 0 unspecified atom stereocenters. The van der Waals surface area contributed by atoms with Crippen LogP contribution in [0.3, 0.4) is 0 Å². The number of hydrogen-bond acceptors (Lipinski definition) is 5. The molecule has 2 fully saturated rings. The first-order valence-electron chi connectivity index (χ1n) is 10.7. The van der Waals surface area contributed by atoms with E-state index in [1.807, 2.05) is 23.6 Å². The lowest BCUT2D eigenvalue weighted by Gasteiger charge is -2.34. The largest absolute Gasteiger partial charge is 0.332 e. The van der Waals surface area contributed by atoms with Gasteiger partial charge in [0.05, 0.1) is 17.3 Å². The highest BCUT2D eigenvalue weighted by Gasteiger charge is 2.64. The van der Waals surface area contributed by atoms with Crippen LogP contribution in [0, 0.1) is 11.3 Å². The van der Waals surface area contributed by atoms with Crippen LogP contribution in [0.2, 0.25) is 10.0 Å². The van der Waals surface area contributed by atoms with Gasteiger partial charge in [-0.1, -0.05) is 41.4 Å². The Morgan fingerprint density at radius 1 is 1.12 bits per heavy atom. The normalized spacial score (nSPS) is 22.7. The highest BCUT2D eigenvalue weighted by atomic mass is 35.5. The summed E-state index contributed by atoms with van der Waals surface area (Å²) in [6.07, 6.45) is 0. The molecule has 2 atom stereocenters. The van der Waals surface area contributed by atoms with Crippen molar-refractivity contribution in [1.29, 1.82) is 5.26 Å². The third-order valence-electron chi connectivity index (χ3n) is 6.64. The zero-order chi connectivity index (χ0) is 24.0. The van der Waals surface area contributed by atoms with Crippen LogP contribution in [-0.2, 0) is 11.3 Å². The molecule has 172 valence electrons. The summed E-state index contributed by atoms with van der Waals surface area (Å²) < 4.78 is 0. The Morgan fingerprint density at radius 2 is 1.82 bits per heavy atom. The second-order valence-electron chi connectivity index (χ2n) is 8.57. The predicted octanol–water partition coefficient (Wildman–Crippen LogP) is 5.36. The van der Waals surface area contributed by atoms with E-state index < -0.39 is 11.6 Å². The molecule has 3 heterocycles.